The number of aryl methyl sites for hydroxylation is 1. The average Bonchev–Trinajstić information content (AvgIpc) is 2.68. The molecule has 1 heterocycles. The number of hydrogen-bond acceptors (Lipinski definition) is 3. The summed E-state index contributed by atoms with van der Waals surface area (Å²) in [5, 5.41) is 9.54. The van der Waals surface area contributed by atoms with Gasteiger partial charge in [-0.3, -0.25) is 4.79 Å². The summed E-state index contributed by atoms with van der Waals surface area (Å²) < 4.78 is 2.16. The van der Waals surface area contributed by atoms with E-state index in [-0.39, 0.29) is 5.75 Å². The molecule has 0 aliphatic heterocycles. The van der Waals surface area contributed by atoms with Gasteiger partial charge in [0, 0.05) is 17.9 Å². The Hall–Kier alpha value is -0.970. The van der Waals surface area contributed by atoms with Gasteiger partial charge in [-0.05, 0) is 20.3 Å². The van der Waals surface area contributed by atoms with Gasteiger partial charge in [-0.25, -0.2) is 4.98 Å². The maximum absolute atomic E-state index is 10.6. The minimum absolute atomic E-state index is 0.0676. The Labute approximate surface area is 113 Å². The lowest BCUT2D eigenvalue weighted by molar-refractivity contribution is -0.133. The van der Waals surface area contributed by atoms with Crippen LogP contribution in [0.25, 0.3) is 0 Å². The van der Waals surface area contributed by atoms with Crippen LogP contribution in [0.1, 0.15) is 51.3 Å². The predicted molar refractivity (Wildman–Crippen MR) is 74.2 cm³/mol. The molecule has 18 heavy (non-hydrogen) atoms. The molecule has 1 aromatic heterocycles. The number of thioether (sulfide) groups is 1. The molecule has 0 aromatic carbocycles. The lowest BCUT2D eigenvalue weighted by atomic mass is 10.1. The van der Waals surface area contributed by atoms with E-state index < -0.39 is 5.97 Å². The Kier molecular flexibility index (Phi) is 6.25. The second-order valence-electron chi connectivity index (χ2n) is 4.58. The number of rotatable bonds is 8. The van der Waals surface area contributed by atoms with Crippen molar-refractivity contribution >= 4 is 17.7 Å². The van der Waals surface area contributed by atoms with Gasteiger partial charge in [0.2, 0.25) is 0 Å². The molecule has 0 radical (unpaired) electrons. The van der Waals surface area contributed by atoms with Crippen LogP contribution in [0.4, 0.5) is 0 Å². The van der Waals surface area contributed by atoms with E-state index in [2.05, 4.69) is 23.4 Å². The van der Waals surface area contributed by atoms with Crippen molar-refractivity contribution in [3.63, 3.8) is 0 Å². The zero-order chi connectivity index (χ0) is 13.5. The highest BCUT2D eigenvalue weighted by Crippen LogP contribution is 2.25. The summed E-state index contributed by atoms with van der Waals surface area (Å²) in [7, 11) is 0. The van der Waals surface area contributed by atoms with Crippen LogP contribution < -0.4 is 0 Å². The zero-order valence-corrected chi connectivity index (χ0v) is 12.2. The van der Waals surface area contributed by atoms with Gasteiger partial charge in [0.1, 0.15) is 0 Å². The molecule has 0 aliphatic rings. The molecule has 0 bridgehead atoms. The molecule has 4 nitrogen and oxygen atoms in total. The van der Waals surface area contributed by atoms with E-state index in [0.717, 1.165) is 17.3 Å². The van der Waals surface area contributed by atoms with E-state index in [4.69, 9.17) is 5.11 Å². The fourth-order valence-electron chi connectivity index (χ4n) is 2.01. The van der Waals surface area contributed by atoms with Gasteiger partial charge in [-0.1, -0.05) is 37.9 Å². The molecule has 0 spiro atoms. The Morgan fingerprint density at radius 3 is 2.89 bits per heavy atom. The van der Waals surface area contributed by atoms with Crippen LogP contribution in [0.3, 0.4) is 0 Å². The summed E-state index contributed by atoms with van der Waals surface area (Å²) in [6.07, 6.45) is 6.61. The molecule has 0 saturated carbocycles. The van der Waals surface area contributed by atoms with Crippen LogP contribution in [0.5, 0.6) is 0 Å². The molecule has 0 aliphatic carbocycles. The summed E-state index contributed by atoms with van der Waals surface area (Å²) in [5.74, 6) is -0.733. The number of aromatic nitrogens is 2. The first-order chi connectivity index (χ1) is 8.56. The van der Waals surface area contributed by atoms with Gasteiger partial charge in [0.15, 0.2) is 5.16 Å². The van der Waals surface area contributed by atoms with Gasteiger partial charge in [0.05, 0.1) is 5.75 Å². The number of unbranched alkanes of at least 4 members (excludes halogenated alkanes) is 2. The van der Waals surface area contributed by atoms with Crippen LogP contribution in [-0.2, 0) is 4.79 Å². The maximum atomic E-state index is 10.6. The maximum Gasteiger partial charge on any atom is 0.313 e. The van der Waals surface area contributed by atoms with Crippen molar-refractivity contribution in [2.24, 2.45) is 0 Å². The summed E-state index contributed by atoms with van der Waals surface area (Å²) in [6.45, 7) is 6.39. The SMILES string of the molecule is CCCCCC(C)n1c(C)cnc1SCC(=O)O. The molecular formula is C13H22N2O2S. The van der Waals surface area contributed by atoms with Crippen LogP contribution in [0.15, 0.2) is 11.4 Å². The fraction of sp³-hybridized carbons (Fsp3) is 0.692. The Morgan fingerprint density at radius 1 is 1.56 bits per heavy atom. The molecule has 1 aromatic rings. The van der Waals surface area contributed by atoms with Crippen molar-refractivity contribution < 1.29 is 9.90 Å². The third kappa shape index (κ3) is 4.37. The van der Waals surface area contributed by atoms with Crippen molar-refractivity contribution in [2.75, 3.05) is 5.75 Å². The van der Waals surface area contributed by atoms with E-state index in [1.165, 1.54) is 31.0 Å². The van der Waals surface area contributed by atoms with Gasteiger partial charge < -0.3 is 9.67 Å². The molecule has 102 valence electrons. The number of nitrogens with zero attached hydrogens (tertiary/aromatic N) is 2. The standard InChI is InChI=1S/C13H22N2O2S/c1-4-5-6-7-10(2)15-11(3)8-14-13(15)18-9-12(16)17/h8,10H,4-7,9H2,1-3H3,(H,16,17). The van der Waals surface area contributed by atoms with Crippen molar-refractivity contribution in [1.29, 1.82) is 0 Å². The number of carbonyl (C=O) groups is 1. The van der Waals surface area contributed by atoms with E-state index in [0.29, 0.717) is 6.04 Å². The van der Waals surface area contributed by atoms with Crippen molar-refractivity contribution in [3.05, 3.63) is 11.9 Å². The summed E-state index contributed by atoms with van der Waals surface area (Å²) in [6, 6.07) is 0.385. The average molecular weight is 270 g/mol. The quantitative estimate of drug-likeness (QED) is 0.580. The van der Waals surface area contributed by atoms with E-state index in [1.54, 1.807) is 0 Å². The monoisotopic (exact) mass is 270 g/mol. The lowest BCUT2D eigenvalue weighted by Gasteiger charge is -2.17. The zero-order valence-electron chi connectivity index (χ0n) is 11.3. The van der Waals surface area contributed by atoms with Crippen LogP contribution >= 0.6 is 11.8 Å². The Balaban J connectivity index is 2.67. The summed E-state index contributed by atoms with van der Waals surface area (Å²) in [5.41, 5.74) is 1.10. The highest BCUT2D eigenvalue weighted by atomic mass is 32.2. The minimum atomic E-state index is -0.800. The first-order valence-corrected chi connectivity index (χ1v) is 7.43. The molecule has 1 unspecified atom stereocenters. The number of carboxylic acids is 1. The van der Waals surface area contributed by atoms with Gasteiger partial charge in [0.25, 0.3) is 0 Å². The van der Waals surface area contributed by atoms with E-state index in [9.17, 15) is 4.79 Å². The second-order valence-corrected chi connectivity index (χ2v) is 5.52. The van der Waals surface area contributed by atoms with Gasteiger partial charge in [-0.2, -0.15) is 0 Å². The molecule has 5 heteroatoms. The van der Waals surface area contributed by atoms with Gasteiger partial charge >= 0.3 is 5.97 Å². The first-order valence-electron chi connectivity index (χ1n) is 6.44. The first kappa shape index (κ1) is 15.1. The van der Waals surface area contributed by atoms with Crippen molar-refractivity contribution in [2.45, 2.75) is 57.7 Å². The van der Waals surface area contributed by atoms with Crippen molar-refractivity contribution in [3.8, 4) is 0 Å². The summed E-state index contributed by atoms with van der Waals surface area (Å²) >= 11 is 1.30. The van der Waals surface area contributed by atoms with Crippen LogP contribution in [-0.4, -0.2) is 26.4 Å². The molecule has 1 N–H and O–H groups in total. The lowest BCUT2D eigenvalue weighted by Crippen LogP contribution is -2.09. The third-order valence-electron chi connectivity index (χ3n) is 2.94. The smallest absolute Gasteiger partial charge is 0.313 e. The third-order valence-corrected chi connectivity index (χ3v) is 3.89. The van der Waals surface area contributed by atoms with E-state index >= 15 is 0 Å². The number of aliphatic carboxylic acids is 1. The highest BCUT2D eigenvalue weighted by Gasteiger charge is 2.14. The van der Waals surface area contributed by atoms with Gasteiger partial charge in [-0.15, -0.1) is 0 Å². The normalized spacial score (nSPS) is 12.6. The van der Waals surface area contributed by atoms with Crippen LogP contribution in [0, 0.1) is 6.92 Å². The number of carboxylic acid groups (broad SMARTS) is 1. The molecule has 0 amide bonds. The predicted octanol–water partition coefficient (Wildman–Crippen LogP) is 3.51. The molecule has 1 atom stereocenters. The highest BCUT2D eigenvalue weighted by molar-refractivity contribution is 7.99. The molecule has 1 rings (SSSR count). The Morgan fingerprint density at radius 2 is 2.28 bits per heavy atom. The van der Waals surface area contributed by atoms with Crippen molar-refractivity contribution in [1.82, 2.24) is 9.55 Å². The second kappa shape index (κ2) is 7.46. The topological polar surface area (TPSA) is 55.1 Å². The van der Waals surface area contributed by atoms with E-state index in [1.807, 2.05) is 13.1 Å². The summed E-state index contributed by atoms with van der Waals surface area (Å²) in [4.78, 5) is 14.9. The fourth-order valence-corrected chi connectivity index (χ4v) is 2.85. The number of hydrogen-bond donors (Lipinski definition) is 1. The minimum Gasteiger partial charge on any atom is -0.481 e. The van der Waals surface area contributed by atoms with Crippen LogP contribution in [0.2, 0.25) is 0 Å². The molecule has 0 fully saturated rings. The molecule has 0 saturated heterocycles. The number of imidazole rings is 1. The Bertz CT molecular complexity index is 390. The largest absolute Gasteiger partial charge is 0.481 e. The molecular weight excluding hydrogens is 248 g/mol.